The number of rotatable bonds is 5. The third-order valence-corrected chi connectivity index (χ3v) is 4.77. The molecule has 0 spiro atoms. The second-order valence-electron chi connectivity index (χ2n) is 6.90. The number of fused-ring (bicyclic) bond motifs is 1. The van der Waals surface area contributed by atoms with E-state index in [2.05, 4.69) is 5.32 Å². The molecule has 1 fully saturated rings. The molecule has 0 aromatic heterocycles. The van der Waals surface area contributed by atoms with Crippen molar-refractivity contribution in [2.24, 2.45) is 5.92 Å². The molecule has 2 aromatic carbocycles. The van der Waals surface area contributed by atoms with Gasteiger partial charge in [-0.15, -0.1) is 0 Å². The molecule has 1 atom stereocenters. The molecule has 0 bridgehead atoms. The van der Waals surface area contributed by atoms with E-state index in [-0.39, 0.29) is 18.9 Å². The Morgan fingerprint density at radius 2 is 1.83 bits per heavy atom. The predicted molar refractivity (Wildman–Crippen MR) is 104 cm³/mol. The molecule has 156 valence electrons. The molecule has 0 radical (unpaired) electrons. The minimum absolute atomic E-state index is 0.00709. The lowest BCUT2D eigenvalue weighted by Gasteiger charge is -2.22. The highest BCUT2D eigenvalue weighted by atomic mass is 19.1. The van der Waals surface area contributed by atoms with Crippen LogP contribution in [-0.2, 0) is 19.1 Å². The highest BCUT2D eigenvalue weighted by molar-refractivity contribution is 6.00. The maximum Gasteiger partial charge on any atom is 0.311 e. The average Bonchev–Trinajstić information content (AvgIpc) is 3.15. The van der Waals surface area contributed by atoms with Gasteiger partial charge < -0.3 is 24.4 Å². The van der Waals surface area contributed by atoms with Crippen molar-refractivity contribution in [3.8, 4) is 11.5 Å². The van der Waals surface area contributed by atoms with Gasteiger partial charge in [-0.3, -0.25) is 14.4 Å². The first-order valence-corrected chi connectivity index (χ1v) is 9.41. The smallest absolute Gasteiger partial charge is 0.311 e. The lowest BCUT2D eigenvalue weighted by molar-refractivity contribution is -0.151. The van der Waals surface area contributed by atoms with Gasteiger partial charge >= 0.3 is 5.97 Å². The van der Waals surface area contributed by atoms with Gasteiger partial charge in [0.05, 0.1) is 5.92 Å². The maximum atomic E-state index is 12.9. The first kappa shape index (κ1) is 19.7. The Balaban J connectivity index is 1.31. The monoisotopic (exact) mass is 414 g/mol. The summed E-state index contributed by atoms with van der Waals surface area (Å²) in [6.07, 6.45) is -0.00709. The van der Waals surface area contributed by atoms with E-state index in [4.69, 9.17) is 14.2 Å². The second-order valence-corrected chi connectivity index (χ2v) is 6.90. The Morgan fingerprint density at radius 3 is 2.60 bits per heavy atom. The van der Waals surface area contributed by atoms with Crippen LogP contribution in [-0.4, -0.2) is 44.1 Å². The van der Waals surface area contributed by atoms with E-state index in [1.165, 1.54) is 29.2 Å². The molecule has 30 heavy (non-hydrogen) atoms. The number of nitrogens with one attached hydrogen (secondary N) is 1. The first-order valence-electron chi connectivity index (χ1n) is 9.41. The fourth-order valence-corrected chi connectivity index (χ4v) is 3.30. The number of carbonyl (C=O) groups is 3. The predicted octanol–water partition coefficient (Wildman–Crippen LogP) is 2.13. The van der Waals surface area contributed by atoms with Crippen LogP contribution in [0.2, 0.25) is 0 Å². The summed E-state index contributed by atoms with van der Waals surface area (Å²) in [6, 6.07) is 10.4. The first-order chi connectivity index (χ1) is 14.5. The van der Waals surface area contributed by atoms with Gasteiger partial charge in [0.2, 0.25) is 5.91 Å². The highest BCUT2D eigenvalue weighted by Gasteiger charge is 2.36. The van der Waals surface area contributed by atoms with Crippen molar-refractivity contribution >= 4 is 29.2 Å². The summed E-state index contributed by atoms with van der Waals surface area (Å²) in [5.74, 6) is -1.34. The van der Waals surface area contributed by atoms with Crippen LogP contribution in [0.4, 0.5) is 15.8 Å². The third kappa shape index (κ3) is 4.35. The molecule has 1 N–H and O–H groups in total. The summed E-state index contributed by atoms with van der Waals surface area (Å²) in [7, 11) is 0. The maximum absolute atomic E-state index is 12.9. The Labute approximate surface area is 171 Å². The number of amides is 2. The van der Waals surface area contributed by atoms with Crippen LogP contribution in [0.15, 0.2) is 42.5 Å². The lowest BCUT2D eigenvalue weighted by Crippen LogP contribution is -2.28. The summed E-state index contributed by atoms with van der Waals surface area (Å²) in [5, 5.41) is 2.50. The van der Waals surface area contributed by atoms with Crippen LogP contribution in [0.25, 0.3) is 0 Å². The summed E-state index contributed by atoms with van der Waals surface area (Å²) in [5.41, 5.74) is 0.992. The molecule has 0 saturated carbocycles. The summed E-state index contributed by atoms with van der Waals surface area (Å²) in [4.78, 5) is 38.1. The van der Waals surface area contributed by atoms with Crippen LogP contribution in [0, 0.1) is 11.7 Å². The number of hydrogen-bond acceptors (Lipinski definition) is 6. The molecule has 0 unspecified atom stereocenters. The Hall–Kier alpha value is -3.62. The van der Waals surface area contributed by atoms with Crippen molar-refractivity contribution < 1.29 is 33.0 Å². The molecule has 1 saturated heterocycles. The average molecular weight is 414 g/mol. The number of esters is 1. The molecular weight excluding hydrogens is 395 g/mol. The normalized spacial score (nSPS) is 17.6. The quantitative estimate of drug-likeness (QED) is 0.754. The number of hydrogen-bond donors (Lipinski definition) is 1. The van der Waals surface area contributed by atoms with E-state index in [0.29, 0.717) is 36.1 Å². The van der Waals surface area contributed by atoms with E-state index in [9.17, 15) is 18.8 Å². The zero-order valence-electron chi connectivity index (χ0n) is 15.9. The van der Waals surface area contributed by atoms with E-state index < -0.39 is 30.2 Å². The van der Waals surface area contributed by atoms with Gasteiger partial charge in [-0.2, -0.15) is 0 Å². The summed E-state index contributed by atoms with van der Waals surface area (Å²) < 4.78 is 29.0. The number of halogens is 1. The topological polar surface area (TPSA) is 94.2 Å². The van der Waals surface area contributed by atoms with Gasteiger partial charge in [-0.1, -0.05) is 0 Å². The molecular formula is C21H19FN2O6. The highest BCUT2D eigenvalue weighted by Crippen LogP contribution is 2.36. The SMILES string of the molecule is O=C(COC(=O)[C@H]1CC(=O)N(c2ccc3c(c2)OCCO3)C1)Nc1ccc(F)cc1. The zero-order valence-corrected chi connectivity index (χ0v) is 15.9. The number of benzene rings is 2. The van der Waals surface area contributed by atoms with Crippen LogP contribution in [0.5, 0.6) is 11.5 Å². The minimum Gasteiger partial charge on any atom is -0.486 e. The lowest BCUT2D eigenvalue weighted by atomic mass is 10.1. The number of ether oxygens (including phenoxy) is 3. The van der Waals surface area contributed by atoms with Gasteiger partial charge in [0.25, 0.3) is 5.91 Å². The zero-order chi connectivity index (χ0) is 21.1. The Kier molecular flexibility index (Phi) is 5.51. The fourth-order valence-electron chi connectivity index (χ4n) is 3.30. The molecule has 9 heteroatoms. The number of nitrogens with zero attached hydrogens (tertiary/aromatic N) is 1. The van der Waals surface area contributed by atoms with Crippen LogP contribution in [0.1, 0.15) is 6.42 Å². The molecule has 4 rings (SSSR count). The van der Waals surface area contributed by atoms with Gasteiger partial charge in [-0.25, -0.2) is 4.39 Å². The minimum atomic E-state index is -0.677. The summed E-state index contributed by atoms with van der Waals surface area (Å²) in [6.45, 7) is 0.554. The molecule has 2 aromatic rings. The number of carbonyl (C=O) groups excluding carboxylic acids is 3. The van der Waals surface area contributed by atoms with Crippen molar-refractivity contribution in [2.45, 2.75) is 6.42 Å². The molecule has 0 aliphatic carbocycles. The van der Waals surface area contributed by atoms with E-state index in [1.807, 2.05) is 0 Å². The number of anilines is 2. The molecule has 2 aliphatic heterocycles. The van der Waals surface area contributed by atoms with E-state index in [0.717, 1.165) is 0 Å². The summed E-state index contributed by atoms with van der Waals surface area (Å²) >= 11 is 0. The fraction of sp³-hybridized carbons (Fsp3) is 0.286. The van der Waals surface area contributed by atoms with Crippen molar-refractivity contribution in [3.63, 3.8) is 0 Å². The Morgan fingerprint density at radius 1 is 1.10 bits per heavy atom. The van der Waals surface area contributed by atoms with E-state index >= 15 is 0 Å². The molecule has 2 aliphatic rings. The van der Waals surface area contributed by atoms with Crippen LogP contribution >= 0.6 is 0 Å². The van der Waals surface area contributed by atoms with Crippen molar-refractivity contribution in [1.82, 2.24) is 0 Å². The van der Waals surface area contributed by atoms with Gasteiger partial charge in [0.1, 0.15) is 19.0 Å². The van der Waals surface area contributed by atoms with Gasteiger partial charge in [0, 0.05) is 30.4 Å². The van der Waals surface area contributed by atoms with Crippen molar-refractivity contribution in [1.29, 1.82) is 0 Å². The third-order valence-electron chi connectivity index (χ3n) is 4.77. The molecule has 2 amide bonds. The Bertz CT molecular complexity index is 978. The molecule has 2 heterocycles. The van der Waals surface area contributed by atoms with Crippen LogP contribution < -0.4 is 19.7 Å². The van der Waals surface area contributed by atoms with Crippen molar-refractivity contribution in [3.05, 3.63) is 48.3 Å². The van der Waals surface area contributed by atoms with Crippen molar-refractivity contribution in [2.75, 3.05) is 36.6 Å². The van der Waals surface area contributed by atoms with E-state index in [1.54, 1.807) is 18.2 Å². The van der Waals surface area contributed by atoms with Gasteiger partial charge in [-0.05, 0) is 36.4 Å². The van der Waals surface area contributed by atoms with Crippen LogP contribution in [0.3, 0.4) is 0 Å². The van der Waals surface area contributed by atoms with Gasteiger partial charge in [0.15, 0.2) is 18.1 Å². The standard InChI is InChI=1S/C21H19FN2O6/c22-14-1-3-15(4-2-14)23-19(25)12-30-21(27)13-9-20(26)24(11-13)16-5-6-17-18(10-16)29-8-7-28-17/h1-6,10,13H,7-9,11-12H2,(H,23,25)/t13-/m0/s1. The second kappa shape index (κ2) is 8.40. The largest absolute Gasteiger partial charge is 0.486 e. The molecule has 8 nitrogen and oxygen atoms in total.